The van der Waals surface area contributed by atoms with Crippen LogP contribution in [0, 0.1) is 0 Å². The van der Waals surface area contributed by atoms with Crippen LogP contribution in [0.25, 0.3) is 17.3 Å². The first-order valence-corrected chi connectivity index (χ1v) is 8.25. The Morgan fingerprint density at radius 3 is 2.19 bits per heavy atom. The fourth-order valence-electron chi connectivity index (χ4n) is 3.21. The van der Waals surface area contributed by atoms with Crippen LogP contribution in [0.3, 0.4) is 0 Å². The standard InChI is InChI=1S/C20H16F3N3.ClH/c21-20(22,23)19-17-13-24-12-15(11-14-7-3-1-4-8-14)18(17)26(25-19)16-9-5-2-6-10-16;/h1-11,24H,12-13H2;1H. The van der Waals surface area contributed by atoms with Gasteiger partial charge in [-0.3, -0.25) is 0 Å². The van der Waals surface area contributed by atoms with Gasteiger partial charge >= 0.3 is 6.18 Å². The summed E-state index contributed by atoms with van der Waals surface area (Å²) >= 11 is 0. The predicted molar refractivity (Wildman–Crippen MR) is 102 cm³/mol. The number of nitrogens with one attached hydrogen (secondary N) is 1. The molecule has 4 rings (SSSR count). The molecule has 1 N–H and O–H groups in total. The van der Waals surface area contributed by atoms with E-state index in [2.05, 4.69) is 10.4 Å². The van der Waals surface area contributed by atoms with Gasteiger partial charge in [0.1, 0.15) is 0 Å². The van der Waals surface area contributed by atoms with Gasteiger partial charge in [-0.1, -0.05) is 48.5 Å². The van der Waals surface area contributed by atoms with Crippen LogP contribution < -0.4 is 5.32 Å². The van der Waals surface area contributed by atoms with Gasteiger partial charge in [0.2, 0.25) is 0 Å². The van der Waals surface area contributed by atoms with E-state index in [1.165, 1.54) is 4.68 Å². The molecule has 3 aromatic rings. The van der Waals surface area contributed by atoms with Gasteiger partial charge in [0, 0.05) is 18.7 Å². The van der Waals surface area contributed by atoms with Crippen LogP contribution in [0.4, 0.5) is 13.2 Å². The van der Waals surface area contributed by atoms with Crippen molar-refractivity contribution in [1.29, 1.82) is 0 Å². The van der Waals surface area contributed by atoms with Crippen LogP contribution in [-0.4, -0.2) is 16.3 Å². The molecule has 1 aromatic heterocycles. The van der Waals surface area contributed by atoms with Crippen molar-refractivity contribution in [2.75, 3.05) is 6.54 Å². The number of aromatic nitrogens is 2. The number of rotatable bonds is 2. The third kappa shape index (κ3) is 3.77. The molecule has 0 saturated carbocycles. The van der Waals surface area contributed by atoms with E-state index in [1.807, 2.05) is 42.5 Å². The third-order valence-electron chi connectivity index (χ3n) is 4.31. The molecule has 0 amide bonds. The maximum atomic E-state index is 13.5. The minimum absolute atomic E-state index is 0. The van der Waals surface area contributed by atoms with Crippen molar-refractivity contribution in [3.8, 4) is 5.69 Å². The molecule has 0 bridgehead atoms. The summed E-state index contributed by atoms with van der Waals surface area (Å²) in [6.45, 7) is 0.626. The van der Waals surface area contributed by atoms with Crippen LogP contribution in [0.2, 0.25) is 0 Å². The Hall–Kier alpha value is -2.57. The number of alkyl halides is 3. The first kappa shape index (κ1) is 19.2. The summed E-state index contributed by atoms with van der Waals surface area (Å²) in [6.07, 6.45) is -2.59. The summed E-state index contributed by atoms with van der Waals surface area (Å²) in [5.41, 5.74) is 2.21. The molecule has 27 heavy (non-hydrogen) atoms. The molecule has 0 unspecified atom stereocenters. The molecule has 0 aliphatic carbocycles. The topological polar surface area (TPSA) is 29.9 Å². The average Bonchev–Trinajstić information content (AvgIpc) is 3.04. The summed E-state index contributed by atoms with van der Waals surface area (Å²) in [6, 6.07) is 18.5. The number of benzene rings is 2. The Morgan fingerprint density at radius 1 is 0.926 bits per heavy atom. The lowest BCUT2D eigenvalue weighted by Crippen LogP contribution is -2.25. The number of fused-ring (bicyclic) bond motifs is 1. The van der Waals surface area contributed by atoms with Crippen molar-refractivity contribution < 1.29 is 13.2 Å². The second-order valence-electron chi connectivity index (χ2n) is 6.10. The summed E-state index contributed by atoms with van der Waals surface area (Å²) in [4.78, 5) is 0. The summed E-state index contributed by atoms with van der Waals surface area (Å²) in [7, 11) is 0. The van der Waals surface area contributed by atoms with E-state index in [1.54, 1.807) is 24.3 Å². The number of halogens is 4. The fraction of sp³-hybridized carbons (Fsp3) is 0.150. The first-order chi connectivity index (χ1) is 12.5. The molecule has 140 valence electrons. The highest BCUT2D eigenvalue weighted by Crippen LogP contribution is 2.37. The maximum absolute atomic E-state index is 13.5. The average molecular weight is 392 g/mol. The smallest absolute Gasteiger partial charge is 0.308 e. The highest BCUT2D eigenvalue weighted by atomic mass is 35.5. The largest absolute Gasteiger partial charge is 0.435 e. The van der Waals surface area contributed by atoms with Gasteiger partial charge in [-0.25, -0.2) is 4.68 Å². The van der Waals surface area contributed by atoms with E-state index in [0.717, 1.165) is 11.1 Å². The lowest BCUT2D eigenvalue weighted by atomic mass is 9.99. The Labute approximate surface area is 160 Å². The molecular formula is C20H17ClF3N3. The summed E-state index contributed by atoms with van der Waals surface area (Å²) in [5, 5.41) is 7.00. The molecule has 0 radical (unpaired) electrons. The van der Waals surface area contributed by atoms with Gasteiger partial charge in [-0.15, -0.1) is 12.4 Å². The number of hydrogen-bond donors (Lipinski definition) is 1. The van der Waals surface area contributed by atoms with Gasteiger partial charge in [0.25, 0.3) is 0 Å². The summed E-state index contributed by atoms with van der Waals surface area (Å²) in [5.74, 6) is 0. The van der Waals surface area contributed by atoms with E-state index in [4.69, 9.17) is 0 Å². The quantitative estimate of drug-likeness (QED) is 0.669. The summed E-state index contributed by atoms with van der Waals surface area (Å²) < 4.78 is 42.0. The second kappa shape index (κ2) is 7.58. The first-order valence-electron chi connectivity index (χ1n) is 8.25. The molecule has 1 aliphatic rings. The number of para-hydroxylation sites is 1. The van der Waals surface area contributed by atoms with Crippen LogP contribution in [-0.2, 0) is 12.7 Å². The lowest BCUT2D eigenvalue weighted by molar-refractivity contribution is -0.142. The highest BCUT2D eigenvalue weighted by Gasteiger charge is 2.40. The van der Waals surface area contributed by atoms with Gasteiger partial charge in [-0.05, 0) is 29.3 Å². The Morgan fingerprint density at radius 2 is 1.56 bits per heavy atom. The Bertz CT molecular complexity index is 948. The minimum atomic E-state index is -4.50. The van der Waals surface area contributed by atoms with Gasteiger partial charge in [0.15, 0.2) is 5.69 Å². The second-order valence-corrected chi connectivity index (χ2v) is 6.10. The molecule has 2 aromatic carbocycles. The zero-order valence-electron chi connectivity index (χ0n) is 14.2. The van der Waals surface area contributed by atoms with Crippen LogP contribution >= 0.6 is 12.4 Å². The normalized spacial score (nSPS) is 15.3. The van der Waals surface area contributed by atoms with Gasteiger partial charge < -0.3 is 5.32 Å². The monoisotopic (exact) mass is 391 g/mol. The molecule has 0 saturated heterocycles. The van der Waals surface area contributed by atoms with E-state index in [0.29, 0.717) is 17.9 Å². The SMILES string of the molecule is Cl.FC(F)(F)c1nn(-c2ccccc2)c2c1CNCC2=Cc1ccccc1. The zero-order valence-corrected chi connectivity index (χ0v) is 15.0. The Kier molecular flexibility index (Phi) is 5.39. The van der Waals surface area contributed by atoms with Crippen molar-refractivity contribution >= 4 is 24.1 Å². The Balaban J connectivity index is 0.00000210. The molecule has 3 nitrogen and oxygen atoms in total. The fourth-order valence-corrected chi connectivity index (χ4v) is 3.21. The van der Waals surface area contributed by atoms with Crippen LogP contribution in [0.5, 0.6) is 0 Å². The highest BCUT2D eigenvalue weighted by molar-refractivity contribution is 5.85. The molecule has 0 spiro atoms. The van der Waals surface area contributed by atoms with Crippen LogP contribution in [0.1, 0.15) is 22.5 Å². The van der Waals surface area contributed by atoms with Gasteiger partial charge in [0.05, 0.1) is 11.4 Å². The maximum Gasteiger partial charge on any atom is 0.435 e. The van der Waals surface area contributed by atoms with Gasteiger partial charge in [-0.2, -0.15) is 18.3 Å². The molecular weight excluding hydrogens is 375 g/mol. The molecule has 0 fully saturated rings. The van der Waals surface area contributed by atoms with Crippen molar-refractivity contribution in [2.24, 2.45) is 0 Å². The predicted octanol–water partition coefficient (Wildman–Crippen LogP) is 4.96. The van der Waals surface area contributed by atoms with Crippen molar-refractivity contribution in [1.82, 2.24) is 15.1 Å². The number of nitrogens with zero attached hydrogens (tertiary/aromatic N) is 2. The number of hydrogen-bond acceptors (Lipinski definition) is 2. The van der Waals surface area contributed by atoms with E-state index in [9.17, 15) is 13.2 Å². The molecule has 1 aliphatic heterocycles. The molecule has 0 atom stereocenters. The van der Waals surface area contributed by atoms with Crippen molar-refractivity contribution in [3.63, 3.8) is 0 Å². The van der Waals surface area contributed by atoms with Crippen molar-refractivity contribution in [3.05, 3.63) is 83.2 Å². The zero-order chi connectivity index (χ0) is 18.1. The van der Waals surface area contributed by atoms with E-state index >= 15 is 0 Å². The lowest BCUT2D eigenvalue weighted by Gasteiger charge is -2.20. The minimum Gasteiger partial charge on any atom is -0.308 e. The molecule has 7 heteroatoms. The third-order valence-corrected chi connectivity index (χ3v) is 4.31. The van der Waals surface area contributed by atoms with E-state index in [-0.39, 0.29) is 24.5 Å². The molecule has 2 heterocycles. The van der Waals surface area contributed by atoms with Crippen molar-refractivity contribution in [2.45, 2.75) is 12.7 Å². The van der Waals surface area contributed by atoms with E-state index < -0.39 is 11.9 Å². The van der Waals surface area contributed by atoms with Crippen LogP contribution in [0.15, 0.2) is 60.7 Å².